The largest absolute Gasteiger partial charge is 0.494 e. The summed E-state index contributed by atoms with van der Waals surface area (Å²) in [5.41, 5.74) is 1.58. The van der Waals surface area contributed by atoms with Crippen LogP contribution in [0, 0.1) is 0 Å². The number of para-hydroxylation sites is 1. The lowest BCUT2D eigenvalue weighted by Gasteiger charge is -2.32. The smallest absolute Gasteiger partial charge is 0.243 e. The molecule has 7 heteroatoms. The normalized spacial score (nSPS) is 11.5. The number of nitrogens with one attached hydrogen (secondary N) is 1. The molecule has 1 N–H and O–H groups in total. The predicted molar refractivity (Wildman–Crippen MR) is 141 cm³/mol. The molecule has 35 heavy (non-hydrogen) atoms. The van der Waals surface area contributed by atoms with Gasteiger partial charge < -0.3 is 15.0 Å². The molecule has 3 aromatic carbocycles. The van der Waals surface area contributed by atoms with E-state index in [1.807, 2.05) is 67.6 Å². The van der Waals surface area contributed by atoms with Crippen molar-refractivity contribution >= 4 is 35.0 Å². The van der Waals surface area contributed by atoms with E-state index >= 15 is 0 Å². The molecule has 0 aliphatic rings. The fourth-order valence-corrected chi connectivity index (χ4v) is 4.29. The molecular formula is C28H30Cl2N2O3. The highest BCUT2D eigenvalue weighted by Crippen LogP contribution is 2.27. The molecule has 184 valence electrons. The van der Waals surface area contributed by atoms with Crippen molar-refractivity contribution in [1.29, 1.82) is 0 Å². The molecule has 0 heterocycles. The first-order valence-corrected chi connectivity index (χ1v) is 12.5. The Hall–Kier alpha value is -3.02. The van der Waals surface area contributed by atoms with Gasteiger partial charge >= 0.3 is 0 Å². The molecule has 0 aliphatic carbocycles. The molecule has 0 saturated heterocycles. The molecule has 1 atom stereocenters. The predicted octanol–water partition coefficient (Wildman–Crippen LogP) is 5.93. The maximum absolute atomic E-state index is 13.5. The van der Waals surface area contributed by atoms with E-state index in [1.54, 1.807) is 23.1 Å². The number of benzene rings is 3. The summed E-state index contributed by atoms with van der Waals surface area (Å²) in [6.45, 7) is 2.84. The van der Waals surface area contributed by atoms with Crippen LogP contribution in [-0.2, 0) is 22.6 Å². The maximum atomic E-state index is 13.5. The number of ether oxygens (including phenoxy) is 1. The van der Waals surface area contributed by atoms with Crippen molar-refractivity contribution in [3.05, 3.63) is 100 Å². The maximum Gasteiger partial charge on any atom is 0.243 e. The van der Waals surface area contributed by atoms with Gasteiger partial charge in [-0.25, -0.2) is 0 Å². The Balaban J connectivity index is 1.82. The number of hydrogen-bond donors (Lipinski definition) is 1. The standard InChI is InChI=1S/C28H30Cl2N2O3/c1-2-31-28(34)26(19-21-11-5-3-6-12-21)32(20-23-24(29)15-9-16-25(23)30)27(33)17-10-18-35-22-13-7-4-8-14-22/h3-9,11-16,26H,2,10,17-20H2,1H3,(H,31,34). The summed E-state index contributed by atoms with van der Waals surface area (Å²) in [4.78, 5) is 28.3. The van der Waals surface area contributed by atoms with E-state index in [2.05, 4.69) is 5.32 Å². The van der Waals surface area contributed by atoms with Gasteiger partial charge in [-0.1, -0.05) is 77.8 Å². The minimum absolute atomic E-state index is 0.130. The Bertz CT molecular complexity index is 1070. The number of amides is 2. The second-order valence-electron chi connectivity index (χ2n) is 8.09. The zero-order chi connectivity index (χ0) is 25.0. The van der Waals surface area contributed by atoms with Crippen molar-refractivity contribution in [1.82, 2.24) is 10.2 Å². The Kier molecular flexibility index (Phi) is 10.5. The van der Waals surface area contributed by atoms with E-state index < -0.39 is 6.04 Å². The molecule has 0 fully saturated rings. The van der Waals surface area contributed by atoms with Crippen molar-refractivity contribution in [3.63, 3.8) is 0 Å². The Morgan fingerprint density at radius 3 is 2.17 bits per heavy atom. The van der Waals surface area contributed by atoms with Crippen LogP contribution in [0.4, 0.5) is 0 Å². The molecule has 1 unspecified atom stereocenters. The van der Waals surface area contributed by atoms with Crippen LogP contribution in [0.2, 0.25) is 10.0 Å². The SMILES string of the molecule is CCNC(=O)C(Cc1ccccc1)N(Cc1c(Cl)cccc1Cl)C(=O)CCCOc1ccccc1. The van der Waals surface area contributed by atoms with E-state index in [-0.39, 0.29) is 24.8 Å². The molecule has 3 rings (SSSR count). The van der Waals surface area contributed by atoms with Crippen molar-refractivity contribution in [2.45, 2.75) is 38.8 Å². The van der Waals surface area contributed by atoms with Gasteiger partial charge in [0, 0.05) is 41.5 Å². The first-order valence-electron chi connectivity index (χ1n) is 11.7. The lowest BCUT2D eigenvalue weighted by molar-refractivity contribution is -0.141. The number of rotatable bonds is 12. The van der Waals surface area contributed by atoms with Crippen molar-refractivity contribution in [2.75, 3.05) is 13.2 Å². The highest BCUT2D eigenvalue weighted by Gasteiger charge is 2.30. The molecule has 0 aromatic heterocycles. The van der Waals surface area contributed by atoms with Crippen LogP contribution in [0.1, 0.15) is 30.9 Å². The van der Waals surface area contributed by atoms with Gasteiger partial charge in [-0.3, -0.25) is 9.59 Å². The molecule has 2 amide bonds. The summed E-state index contributed by atoms with van der Waals surface area (Å²) < 4.78 is 5.74. The van der Waals surface area contributed by atoms with Crippen LogP contribution in [-0.4, -0.2) is 35.9 Å². The highest BCUT2D eigenvalue weighted by molar-refractivity contribution is 6.36. The first-order chi connectivity index (χ1) is 17.0. The Labute approximate surface area is 217 Å². The Morgan fingerprint density at radius 2 is 1.54 bits per heavy atom. The zero-order valence-corrected chi connectivity index (χ0v) is 21.3. The second-order valence-corrected chi connectivity index (χ2v) is 8.90. The molecule has 5 nitrogen and oxygen atoms in total. The van der Waals surface area contributed by atoms with Gasteiger partial charge in [0.15, 0.2) is 0 Å². The minimum Gasteiger partial charge on any atom is -0.494 e. The number of halogens is 2. The first kappa shape index (κ1) is 26.6. The summed E-state index contributed by atoms with van der Waals surface area (Å²) in [6.07, 6.45) is 1.11. The minimum atomic E-state index is -0.716. The summed E-state index contributed by atoms with van der Waals surface area (Å²) in [7, 11) is 0. The van der Waals surface area contributed by atoms with Crippen LogP contribution in [0.3, 0.4) is 0 Å². The number of hydrogen-bond acceptors (Lipinski definition) is 3. The lowest BCUT2D eigenvalue weighted by atomic mass is 10.0. The van der Waals surface area contributed by atoms with Gasteiger partial charge in [-0.15, -0.1) is 0 Å². The topological polar surface area (TPSA) is 58.6 Å². The third-order valence-corrected chi connectivity index (χ3v) is 6.27. The van der Waals surface area contributed by atoms with Crippen LogP contribution >= 0.6 is 23.2 Å². The van der Waals surface area contributed by atoms with Crippen LogP contribution in [0.5, 0.6) is 5.75 Å². The van der Waals surface area contributed by atoms with Gasteiger partial charge in [0.1, 0.15) is 11.8 Å². The average molecular weight is 513 g/mol. The van der Waals surface area contributed by atoms with Crippen molar-refractivity contribution in [3.8, 4) is 5.75 Å². The summed E-state index contributed by atoms with van der Waals surface area (Å²) >= 11 is 12.9. The molecule has 0 spiro atoms. The third kappa shape index (κ3) is 8.01. The molecular weight excluding hydrogens is 483 g/mol. The second kappa shape index (κ2) is 13.8. The zero-order valence-electron chi connectivity index (χ0n) is 19.8. The van der Waals surface area contributed by atoms with Crippen LogP contribution in [0.15, 0.2) is 78.9 Å². The Morgan fingerprint density at radius 1 is 0.914 bits per heavy atom. The van der Waals surface area contributed by atoms with Gasteiger partial charge in [-0.05, 0) is 43.2 Å². The van der Waals surface area contributed by atoms with E-state index in [1.165, 1.54) is 0 Å². The monoisotopic (exact) mass is 512 g/mol. The third-order valence-electron chi connectivity index (χ3n) is 5.56. The van der Waals surface area contributed by atoms with Gasteiger partial charge in [-0.2, -0.15) is 0 Å². The quantitative estimate of drug-likeness (QED) is 0.306. The summed E-state index contributed by atoms with van der Waals surface area (Å²) in [5, 5.41) is 3.79. The molecule has 0 bridgehead atoms. The van der Waals surface area contributed by atoms with Crippen molar-refractivity contribution in [2.24, 2.45) is 0 Å². The van der Waals surface area contributed by atoms with Gasteiger partial charge in [0.25, 0.3) is 0 Å². The summed E-state index contributed by atoms with van der Waals surface area (Å²) in [6, 6.07) is 23.6. The van der Waals surface area contributed by atoms with E-state index in [0.717, 1.165) is 11.3 Å². The number of carbonyl (C=O) groups excluding carboxylic acids is 2. The van der Waals surface area contributed by atoms with Gasteiger partial charge in [0.2, 0.25) is 11.8 Å². The average Bonchev–Trinajstić information content (AvgIpc) is 2.87. The lowest BCUT2D eigenvalue weighted by Crippen LogP contribution is -2.50. The van der Waals surface area contributed by atoms with E-state index in [9.17, 15) is 9.59 Å². The summed E-state index contributed by atoms with van der Waals surface area (Å²) in [5.74, 6) is 0.377. The van der Waals surface area contributed by atoms with Crippen LogP contribution in [0.25, 0.3) is 0 Å². The van der Waals surface area contributed by atoms with E-state index in [0.29, 0.717) is 41.6 Å². The van der Waals surface area contributed by atoms with E-state index in [4.69, 9.17) is 27.9 Å². The van der Waals surface area contributed by atoms with Crippen molar-refractivity contribution < 1.29 is 14.3 Å². The molecule has 0 radical (unpaired) electrons. The van der Waals surface area contributed by atoms with Crippen LogP contribution < -0.4 is 10.1 Å². The van der Waals surface area contributed by atoms with Gasteiger partial charge in [0.05, 0.1) is 6.61 Å². The number of carbonyl (C=O) groups is 2. The molecule has 0 saturated carbocycles. The fraction of sp³-hybridized carbons (Fsp3) is 0.286. The highest BCUT2D eigenvalue weighted by atomic mass is 35.5. The molecule has 3 aromatic rings. The molecule has 0 aliphatic heterocycles. The number of likely N-dealkylation sites (N-methyl/N-ethyl adjacent to an activating group) is 1. The number of nitrogens with zero attached hydrogens (tertiary/aromatic N) is 1. The fourth-order valence-electron chi connectivity index (χ4n) is 3.77.